The van der Waals surface area contributed by atoms with E-state index in [0.29, 0.717) is 24.4 Å². The maximum absolute atomic E-state index is 12.7. The number of rotatable bonds is 4. The maximum Gasteiger partial charge on any atom is 0.265 e. The summed E-state index contributed by atoms with van der Waals surface area (Å²) in [5, 5.41) is 13.5. The average Bonchev–Trinajstić information content (AvgIpc) is 3.31. The molecular formula is C16H23N3O3S. The first-order valence-corrected chi connectivity index (χ1v) is 8.95. The van der Waals surface area contributed by atoms with Crippen LogP contribution in [0.4, 0.5) is 0 Å². The summed E-state index contributed by atoms with van der Waals surface area (Å²) in [5.41, 5.74) is 0.764. The van der Waals surface area contributed by atoms with E-state index in [0.717, 1.165) is 23.5 Å². The number of hydrogen-bond donors (Lipinski definition) is 2. The molecule has 0 spiro atoms. The highest BCUT2D eigenvalue weighted by Crippen LogP contribution is 2.30. The molecule has 2 atom stereocenters. The molecule has 6 nitrogen and oxygen atoms in total. The predicted octanol–water partition coefficient (Wildman–Crippen LogP) is 1.11. The van der Waals surface area contributed by atoms with Gasteiger partial charge < -0.3 is 15.3 Å². The van der Waals surface area contributed by atoms with E-state index < -0.39 is 0 Å². The number of hydrogen-bond acceptors (Lipinski definition) is 5. The van der Waals surface area contributed by atoms with Gasteiger partial charge in [0, 0.05) is 31.5 Å². The molecule has 126 valence electrons. The number of aromatic nitrogens is 1. The van der Waals surface area contributed by atoms with Crippen molar-refractivity contribution in [2.45, 2.75) is 39.2 Å². The minimum atomic E-state index is -0.167. The molecule has 0 unspecified atom stereocenters. The van der Waals surface area contributed by atoms with Gasteiger partial charge in [0.1, 0.15) is 4.88 Å². The third-order valence-corrected chi connectivity index (χ3v) is 5.71. The van der Waals surface area contributed by atoms with Crippen molar-refractivity contribution in [1.82, 2.24) is 15.2 Å². The minimum Gasteiger partial charge on any atom is -0.396 e. The SMILES string of the molecule is Cc1nc(C)c(C(=O)N2CC[C@H](CO)[C@H](NC(=O)C3CC3)C2)s1. The Hall–Kier alpha value is -1.47. The van der Waals surface area contributed by atoms with Crippen molar-refractivity contribution in [2.24, 2.45) is 11.8 Å². The Labute approximate surface area is 139 Å². The lowest BCUT2D eigenvalue weighted by Gasteiger charge is -2.38. The lowest BCUT2D eigenvalue weighted by Crippen LogP contribution is -2.55. The number of likely N-dealkylation sites (tertiary alicyclic amines) is 1. The summed E-state index contributed by atoms with van der Waals surface area (Å²) in [7, 11) is 0. The van der Waals surface area contributed by atoms with Crippen LogP contribution in [-0.2, 0) is 4.79 Å². The van der Waals surface area contributed by atoms with E-state index in [4.69, 9.17) is 0 Å². The molecule has 2 N–H and O–H groups in total. The summed E-state index contributed by atoms with van der Waals surface area (Å²) >= 11 is 1.41. The fourth-order valence-electron chi connectivity index (χ4n) is 3.09. The van der Waals surface area contributed by atoms with Crippen LogP contribution in [0, 0.1) is 25.7 Å². The fraction of sp³-hybridized carbons (Fsp3) is 0.688. The third kappa shape index (κ3) is 3.55. The van der Waals surface area contributed by atoms with Crippen LogP contribution in [0.25, 0.3) is 0 Å². The predicted molar refractivity (Wildman–Crippen MR) is 87.3 cm³/mol. The van der Waals surface area contributed by atoms with E-state index >= 15 is 0 Å². The number of aliphatic hydroxyl groups is 1. The molecule has 3 rings (SSSR count). The monoisotopic (exact) mass is 337 g/mol. The number of amides is 2. The van der Waals surface area contributed by atoms with Gasteiger partial charge in [-0.05, 0) is 33.1 Å². The van der Waals surface area contributed by atoms with Crippen molar-refractivity contribution in [3.8, 4) is 0 Å². The molecule has 2 heterocycles. The van der Waals surface area contributed by atoms with Gasteiger partial charge in [0.15, 0.2) is 0 Å². The molecule has 23 heavy (non-hydrogen) atoms. The van der Waals surface area contributed by atoms with Crippen molar-refractivity contribution >= 4 is 23.2 Å². The number of nitrogens with one attached hydrogen (secondary N) is 1. The van der Waals surface area contributed by atoms with Crippen LogP contribution in [0.3, 0.4) is 0 Å². The summed E-state index contributed by atoms with van der Waals surface area (Å²) in [6, 6.07) is -0.167. The molecule has 7 heteroatoms. The Morgan fingerprint density at radius 1 is 1.35 bits per heavy atom. The van der Waals surface area contributed by atoms with E-state index in [-0.39, 0.29) is 36.3 Å². The molecule has 1 aromatic heterocycles. The number of carbonyl (C=O) groups excluding carboxylic acids is 2. The van der Waals surface area contributed by atoms with Gasteiger partial charge in [0.05, 0.1) is 16.7 Å². The van der Waals surface area contributed by atoms with Crippen LogP contribution in [0.1, 0.15) is 39.6 Å². The lowest BCUT2D eigenvalue weighted by atomic mass is 9.92. The van der Waals surface area contributed by atoms with Gasteiger partial charge >= 0.3 is 0 Å². The zero-order valence-corrected chi connectivity index (χ0v) is 14.4. The molecule has 1 aromatic rings. The maximum atomic E-state index is 12.7. The Morgan fingerprint density at radius 2 is 2.09 bits per heavy atom. The third-order valence-electron chi connectivity index (χ3n) is 4.65. The summed E-state index contributed by atoms with van der Waals surface area (Å²) in [6.45, 7) is 4.85. The number of aliphatic hydroxyl groups excluding tert-OH is 1. The molecule has 1 saturated carbocycles. The Kier molecular flexibility index (Phi) is 4.68. The van der Waals surface area contributed by atoms with E-state index in [1.165, 1.54) is 11.3 Å². The smallest absolute Gasteiger partial charge is 0.265 e. The van der Waals surface area contributed by atoms with Crippen LogP contribution in [0.5, 0.6) is 0 Å². The number of aryl methyl sites for hydroxylation is 2. The van der Waals surface area contributed by atoms with Crippen molar-refractivity contribution < 1.29 is 14.7 Å². The van der Waals surface area contributed by atoms with E-state index in [1.54, 1.807) is 4.90 Å². The van der Waals surface area contributed by atoms with Crippen molar-refractivity contribution in [1.29, 1.82) is 0 Å². The van der Waals surface area contributed by atoms with Crippen LogP contribution in [-0.4, -0.2) is 52.5 Å². The number of thiazole rings is 1. The second-order valence-corrected chi connectivity index (χ2v) is 7.72. The number of carbonyl (C=O) groups is 2. The van der Waals surface area contributed by atoms with Crippen LogP contribution >= 0.6 is 11.3 Å². The van der Waals surface area contributed by atoms with E-state index in [1.807, 2.05) is 13.8 Å². The van der Waals surface area contributed by atoms with Gasteiger partial charge in [0.2, 0.25) is 5.91 Å². The minimum absolute atomic E-state index is 0.0184. The van der Waals surface area contributed by atoms with Crippen molar-refractivity contribution in [2.75, 3.05) is 19.7 Å². The molecule has 1 saturated heterocycles. The zero-order chi connectivity index (χ0) is 16.6. The highest BCUT2D eigenvalue weighted by atomic mass is 32.1. The van der Waals surface area contributed by atoms with Crippen molar-refractivity contribution in [3.05, 3.63) is 15.6 Å². The van der Waals surface area contributed by atoms with Gasteiger partial charge in [-0.3, -0.25) is 9.59 Å². The van der Waals surface area contributed by atoms with Gasteiger partial charge in [-0.15, -0.1) is 11.3 Å². The van der Waals surface area contributed by atoms with Crippen LogP contribution < -0.4 is 5.32 Å². The zero-order valence-electron chi connectivity index (χ0n) is 13.5. The normalized spacial score (nSPS) is 24.6. The molecule has 2 fully saturated rings. The molecule has 0 bridgehead atoms. The Bertz CT molecular complexity index is 612. The van der Waals surface area contributed by atoms with Gasteiger partial charge in [-0.25, -0.2) is 4.98 Å². The van der Waals surface area contributed by atoms with Crippen LogP contribution in [0.15, 0.2) is 0 Å². The first-order valence-electron chi connectivity index (χ1n) is 8.14. The molecule has 0 aromatic carbocycles. The molecular weight excluding hydrogens is 314 g/mol. The summed E-state index contributed by atoms with van der Waals surface area (Å²) in [4.78, 5) is 31.5. The van der Waals surface area contributed by atoms with Gasteiger partial charge in [-0.1, -0.05) is 0 Å². The standard InChI is InChI=1S/C16H23N3O3S/c1-9-14(23-10(2)17-9)16(22)19-6-5-12(8-20)13(7-19)18-15(21)11-3-4-11/h11-13,20H,3-8H2,1-2H3,(H,18,21)/t12-,13-/m1/s1. The largest absolute Gasteiger partial charge is 0.396 e. The van der Waals surface area contributed by atoms with E-state index in [2.05, 4.69) is 10.3 Å². The first-order chi connectivity index (χ1) is 11.0. The van der Waals surface area contributed by atoms with Crippen LogP contribution in [0.2, 0.25) is 0 Å². The topological polar surface area (TPSA) is 82.5 Å². The highest BCUT2D eigenvalue weighted by molar-refractivity contribution is 7.13. The summed E-state index contributed by atoms with van der Waals surface area (Å²) < 4.78 is 0. The number of nitrogens with zero attached hydrogens (tertiary/aromatic N) is 2. The van der Waals surface area contributed by atoms with Crippen molar-refractivity contribution in [3.63, 3.8) is 0 Å². The first kappa shape index (κ1) is 16.4. The lowest BCUT2D eigenvalue weighted by molar-refractivity contribution is -0.123. The Morgan fingerprint density at radius 3 is 2.65 bits per heavy atom. The summed E-state index contributed by atoms with van der Waals surface area (Å²) in [5.74, 6) is 0.195. The molecule has 0 radical (unpaired) electrons. The molecule has 1 aliphatic carbocycles. The Balaban J connectivity index is 1.69. The highest BCUT2D eigenvalue weighted by Gasteiger charge is 2.37. The average molecular weight is 337 g/mol. The quantitative estimate of drug-likeness (QED) is 0.862. The fourth-order valence-corrected chi connectivity index (χ4v) is 3.97. The molecule has 2 aliphatic rings. The van der Waals surface area contributed by atoms with E-state index in [9.17, 15) is 14.7 Å². The summed E-state index contributed by atoms with van der Waals surface area (Å²) in [6.07, 6.45) is 2.60. The molecule has 2 amide bonds. The molecule has 1 aliphatic heterocycles. The van der Waals surface area contributed by atoms with Gasteiger partial charge in [0.25, 0.3) is 5.91 Å². The second-order valence-electron chi connectivity index (χ2n) is 6.52. The van der Waals surface area contributed by atoms with Gasteiger partial charge in [-0.2, -0.15) is 0 Å². The number of piperidine rings is 1. The second kappa shape index (κ2) is 6.57.